The summed E-state index contributed by atoms with van der Waals surface area (Å²) in [7, 11) is 0. The number of alkyl halides is 3. The third-order valence-corrected chi connectivity index (χ3v) is 2.81. The number of fused-ring (bicyclic) bond motifs is 1. The first-order chi connectivity index (χ1) is 9.07. The highest BCUT2D eigenvalue weighted by Gasteiger charge is 2.34. The number of H-pyrrole nitrogens is 1. The zero-order valence-electron chi connectivity index (χ0n) is 9.57. The first-order valence-electron chi connectivity index (χ1n) is 5.53. The number of benzene rings is 1. The minimum absolute atomic E-state index is 0.0874. The minimum atomic E-state index is -4.42. The molecule has 0 spiro atoms. The largest absolute Gasteiger partial charge is 0.418 e. The maximum absolute atomic E-state index is 12.9. The van der Waals surface area contributed by atoms with Gasteiger partial charge >= 0.3 is 6.18 Å². The number of aromatic amines is 1. The Bertz CT molecular complexity index is 717. The second-order valence-electron chi connectivity index (χ2n) is 4.01. The molecule has 0 aliphatic heterocycles. The van der Waals surface area contributed by atoms with Crippen LogP contribution in [-0.2, 0) is 6.18 Å². The van der Waals surface area contributed by atoms with Crippen LogP contribution >= 0.6 is 0 Å². The average molecular weight is 263 g/mol. The molecule has 3 rings (SSSR count). The molecule has 2 heterocycles. The standard InChI is InChI=1S/C13H8F3N3/c14-13(15,16)9-5-3-4-8-11(9)18-19-12(8)10-6-1-2-7-17-10/h1-7H,(H,18,19). The topological polar surface area (TPSA) is 41.6 Å². The summed E-state index contributed by atoms with van der Waals surface area (Å²) in [6.07, 6.45) is -2.84. The molecule has 0 amide bonds. The van der Waals surface area contributed by atoms with E-state index < -0.39 is 11.7 Å². The smallest absolute Gasteiger partial charge is 0.275 e. The molecule has 3 nitrogen and oxygen atoms in total. The number of rotatable bonds is 1. The van der Waals surface area contributed by atoms with Gasteiger partial charge in [-0.15, -0.1) is 0 Å². The molecule has 0 aliphatic carbocycles. The predicted molar refractivity (Wildman–Crippen MR) is 64.3 cm³/mol. The van der Waals surface area contributed by atoms with Gasteiger partial charge in [0.25, 0.3) is 0 Å². The monoisotopic (exact) mass is 263 g/mol. The number of halogens is 3. The van der Waals surface area contributed by atoms with Gasteiger partial charge in [-0.2, -0.15) is 18.3 Å². The number of aromatic nitrogens is 3. The van der Waals surface area contributed by atoms with Gasteiger partial charge in [-0.05, 0) is 18.2 Å². The molecular weight excluding hydrogens is 255 g/mol. The molecule has 2 aromatic heterocycles. The van der Waals surface area contributed by atoms with Crippen molar-refractivity contribution < 1.29 is 13.2 Å². The second-order valence-corrected chi connectivity index (χ2v) is 4.01. The lowest BCUT2D eigenvalue weighted by atomic mass is 10.1. The van der Waals surface area contributed by atoms with E-state index in [1.54, 1.807) is 30.5 Å². The van der Waals surface area contributed by atoms with Crippen molar-refractivity contribution in [1.29, 1.82) is 0 Å². The Morgan fingerprint density at radius 1 is 1.00 bits per heavy atom. The summed E-state index contributed by atoms with van der Waals surface area (Å²) in [5.74, 6) is 0. The van der Waals surface area contributed by atoms with E-state index in [0.717, 1.165) is 6.07 Å². The van der Waals surface area contributed by atoms with E-state index in [1.807, 2.05) is 0 Å². The Morgan fingerprint density at radius 2 is 1.84 bits per heavy atom. The molecule has 0 radical (unpaired) electrons. The van der Waals surface area contributed by atoms with Crippen LogP contribution in [0.3, 0.4) is 0 Å². The van der Waals surface area contributed by atoms with E-state index in [4.69, 9.17) is 0 Å². The lowest BCUT2D eigenvalue weighted by molar-refractivity contribution is -0.136. The maximum Gasteiger partial charge on any atom is 0.418 e. The van der Waals surface area contributed by atoms with Crippen LogP contribution in [0, 0.1) is 0 Å². The van der Waals surface area contributed by atoms with E-state index in [-0.39, 0.29) is 5.52 Å². The van der Waals surface area contributed by atoms with Crippen molar-refractivity contribution in [2.45, 2.75) is 6.18 Å². The number of para-hydroxylation sites is 1. The van der Waals surface area contributed by atoms with Crippen LogP contribution in [0.5, 0.6) is 0 Å². The Hall–Kier alpha value is -2.37. The molecule has 6 heteroatoms. The quantitative estimate of drug-likeness (QED) is 0.728. The van der Waals surface area contributed by atoms with Crippen LogP contribution in [0.15, 0.2) is 42.6 Å². The van der Waals surface area contributed by atoms with E-state index in [9.17, 15) is 13.2 Å². The van der Waals surface area contributed by atoms with E-state index in [2.05, 4.69) is 15.2 Å². The van der Waals surface area contributed by atoms with Gasteiger partial charge in [0, 0.05) is 11.6 Å². The average Bonchev–Trinajstić information content (AvgIpc) is 2.82. The molecule has 0 aliphatic rings. The van der Waals surface area contributed by atoms with Gasteiger partial charge in [0.05, 0.1) is 17.0 Å². The summed E-state index contributed by atoms with van der Waals surface area (Å²) in [5.41, 5.74) is 0.213. The summed E-state index contributed by atoms with van der Waals surface area (Å²) in [6.45, 7) is 0. The van der Waals surface area contributed by atoms with Gasteiger partial charge in [-0.3, -0.25) is 10.1 Å². The number of hydrogen-bond acceptors (Lipinski definition) is 2. The highest BCUT2D eigenvalue weighted by molar-refractivity contribution is 5.93. The zero-order chi connectivity index (χ0) is 13.5. The van der Waals surface area contributed by atoms with Crippen LogP contribution in [0.2, 0.25) is 0 Å². The lowest BCUT2D eigenvalue weighted by Crippen LogP contribution is -2.05. The van der Waals surface area contributed by atoms with Crippen LogP contribution < -0.4 is 0 Å². The fourth-order valence-corrected chi connectivity index (χ4v) is 1.97. The lowest BCUT2D eigenvalue weighted by Gasteiger charge is -2.06. The van der Waals surface area contributed by atoms with Crippen molar-refractivity contribution >= 4 is 10.9 Å². The van der Waals surface area contributed by atoms with Gasteiger partial charge in [-0.1, -0.05) is 18.2 Å². The SMILES string of the molecule is FC(F)(F)c1cccc2c(-c3ccccn3)[nH]nc12. The molecule has 0 atom stereocenters. The van der Waals surface area contributed by atoms with Crippen molar-refractivity contribution in [1.82, 2.24) is 15.2 Å². The van der Waals surface area contributed by atoms with Crippen LogP contribution in [-0.4, -0.2) is 15.2 Å². The van der Waals surface area contributed by atoms with Gasteiger partial charge in [0.15, 0.2) is 0 Å². The molecule has 1 N–H and O–H groups in total. The molecule has 0 bridgehead atoms. The van der Waals surface area contributed by atoms with Crippen molar-refractivity contribution in [2.75, 3.05) is 0 Å². The van der Waals surface area contributed by atoms with E-state index in [1.165, 1.54) is 6.07 Å². The fourth-order valence-electron chi connectivity index (χ4n) is 1.97. The summed E-state index contributed by atoms with van der Waals surface area (Å²) >= 11 is 0. The summed E-state index contributed by atoms with van der Waals surface area (Å²) in [5, 5.41) is 6.82. The first-order valence-corrected chi connectivity index (χ1v) is 5.53. The molecule has 3 aromatic rings. The molecule has 0 unspecified atom stereocenters. The van der Waals surface area contributed by atoms with Crippen LogP contribution in [0.1, 0.15) is 5.56 Å². The van der Waals surface area contributed by atoms with Crippen molar-refractivity contribution in [3.05, 3.63) is 48.2 Å². The Morgan fingerprint density at radius 3 is 2.53 bits per heavy atom. The molecule has 1 aromatic carbocycles. The normalized spacial score (nSPS) is 11.9. The first kappa shape index (κ1) is 11.7. The Balaban J connectivity index is 2.26. The van der Waals surface area contributed by atoms with Gasteiger partial charge in [0.1, 0.15) is 5.52 Å². The predicted octanol–water partition coefficient (Wildman–Crippen LogP) is 3.64. The molecule has 96 valence electrons. The van der Waals surface area contributed by atoms with Crippen molar-refractivity contribution in [2.24, 2.45) is 0 Å². The summed E-state index contributed by atoms with van der Waals surface area (Å²) in [4.78, 5) is 4.11. The van der Waals surface area contributed by atoms with Gasteiger partial charge < -0.3 is 0 Å². The number of nitrogens with zero attached hydrogens (tertiary/aromatic N) is 2. The van der Waals surface area contributed by atoms with E-state index >= 15 is 0 Å². The zero-order valence-corrected chi connectivity index (χ0v) is 9.57. The Kier molecular flexibility index (Phi) is 2.51. The molecule has 0 saturated carbocycles. The van der Waals surface area contributed by atoms with Crippen molar-refractivity contribution in [3.8, 4) is 11.4 Å². The summed E-state index contributed by atoms with van der Waals surface area (Å²) in [6, 6.07) is 9.20. The molecule has 0 fully saturated rings. The third kappa shape index (κ3) is 1.95. The van der Waals surface area contributed by atoms with Crippen LogP contribution in [0.25, 0.3) is 22.3 Å². The highest BCUT2D eigenvalue weighted by atomic mass is 19.4. The maximum atomic E-state index is 12.9. The van der Waals surface area contributed by atoms with Gasteiger partial charge in [0.2, 0.25) is 0 Å². The number of pyridine rings is 1. The summed E-state index contributed by atoms with van der Waals surface area (Å²) < 4.78 is 38.6. The molecule has 19 heavy (non-hydrogen) atoms. The third-order valence-electron chi connectivity index (χ3n) is 2.81. The van der Waals surface area contributed by atoms with E-state index in [0.29, 0.717) is 16.8 Å². The molecular formula is C13H8F3N3. The minimum Gasteiger partial charge on any atom is -0.275 e. The number of nitrogens with one attached hydrogen (secondary N) is 1. The molecule has 0 saturated heterocycles. The highest BCUT2D eigenvalue weighted by Crippen LogP contribution is 2.36. The fraction of sp³-hybridized carbons (Fsp3) is 0.0769. The van der Waals surface area contributed by atoms with Crippen molar-refractivity contribution in [3.63, 3.8) is 0 Å². The van der Waals surface area contributed by atoms with Gasteiger partial charge in [-0.25, -0.2) is 0 Å². The number of hydrogen-bond donors (Lipinski definition) is 1. The Labute approximate surface area is 106 Å². The van der Waals surface area contributed by atoms with Crippen LogP contribution in [0.4, 0.5) is 13.2 Å². The second kappa shape index (κ2) is 4.08.